The zero-order valence-corrected chi connectivity index (χ0v) is 12.3. The molecule has 2 aromatic rings. The summed E-state index contributed by atoms with van der Waals surface area (Å²) in [4.78, 5) is 0. The molecule has 2 N–H and O–H groups in total. The Balaban J connectivity index is 2.11. The highest BCUT2D eigenvalue weighted by Crippen LogP contribution is 2.24. The second kappa shape index (κ2) is 7.09. The van der Waals surface area contributed by atoms with Crippen LogP contribution in [-0.2, 0) is 13.2 Å². The maximum Gasteiger partial charge on any atom is 0.165 e. The van der Waals surface area contributed by atoms with Crippen LogP contribution in [0, 0.1) is 5.82 Å². The number of halogens is 1. The van der Waals surface area contributed by atoms with Crippen LogP contribution in [0.2, 0.25) is 0 Å². The number of nitrogens with one attached hydrogen (secondary N) is 1. The fourth-order valence-corrected chi connectivity index (χ4v) is 1.97. The van der Waals surface area contributed by atoms with E-state index in [2.05, 4.69) is 5.32 Å². The number of hydrogen-bond donors (Lipinski definition) is 2. The minimum absolute atomic E-state index is 0.173. The first-order chi connectivity index (χ1) is 10.1. The highest BCUT2D eigenvalue weighted by Gasteiger charge is 2.10. The van der Waals surface area contributed by atoms with Gasteiger partial charge in [0.25, 0.3) is 0 Å². The number of phenols is 1. The molecule has 0 radical (unpaired) electrons. The average molecular weight is 289 g/mol. The van der Waals surface area contributed by atoms with Crippen molar-refractivity contribution in [3.05, 3.63) is 59.4 Å². The summed E-state index contributed by atoms with van der Waals surface area (Å²) in [5.41, 5.74) is 1.57. The largest absolute Gasteiger partial charge is 0.508 e. The Hall–Kier alpha value is -2.07. The molecule has 0 aromatic heterocycles. The monoisotopic (exact) mass is 289 g/mol. The van der Waals surface area contributed by atoms with Gasteiger partial charge < -0.3 is 15.2 Å². The van der Waals surface area contributed by atoms with Crippen LogP contribution in [0.25, 0.3) is 0 Å². The van der Waals surface area contributed by atoms with Crippen LogP contribution in [0.4, 0.5) is 4.39 Å². The Labute approximate surface area is 124 Å². The lowest BCUT2D eigenvalue weighted by atomic mass is 10.1. The van der Waals surface area contributed by atoms with Gasteiger partial charge in [0.05, 0.1) is 0 Å². The van der Waals surface area contributed by atoms with Crippen molar-refractivity contribution >= 4 is 0 Å². The van der Waals surface area contributed by atoms with Gasteiger partial charge in [-0.05, 0) is 23.8 Å². The predicted molar refractivity (Wildman–Crippen MR) is 80.8 cm³/mol. The van der Waals surface area contributed by atoms with Gasteiger partial charge in [0.15, 0.2) is 11.6 Å². The molecule has 0 fully saturated rings. The third kappa shape index (κ3) is 4.46. The van der Waals surface area contributed by atoms with Crippen LogP contribution in [-0.4, -0.2) is 11.1 Å². The first-order valence-electron chi connectivity index (χ1n) is 6.97. The van der Waals surface area contributed by atoms with E-state index in [4.69, 9.17) is 4.74 Å². The summed E-state index contributed by atoms with van der Waals surface area (Å²) in [5.74, 6) is 0.0542. The summed E-state index contributed by atoms with van der Waals surface area (Å²) < 4.78 is 19.6. The van der Waals surface area contributed by atoms with E-state index in [-0.39, 0.29) is 23.9 Å². The second-order valence-corrected chi connectivity index (χ2v) is 5.22. The van der Waals surface area contributed by atoms with Crippen LogP contribution < -0.4 is 10.1 Å². The quantitative estimate of drug-likeness (QED) is 0.853. The number of hydrogen-bond acceptors (Lipinski definition) is 3. The van der Waals surface area contributed by atoms with E-state index in [0.717, 1.165) is 11.1 Å². The molecule has 3 nitrogen and oxygen atoms in total. The number of aromatic hydroxyl groups is 1. The maximum absolute atomic E-state index is 14.0. The van der Waals surface area contributed by atoms with Crippen molar-refractivity contribution in [2.75, 3.05) is 0 Å². The summed E-state index contributed by atoms with van der Waals surface area (Å²) >= 11 is 0. The molecule has 0 amide bonds. The van der Waals surface area contributed by atoms with Gasteiger partial charge in [-0.2, -0.15) is 0 Å². The standard InChI is InChI=1S/C17H20FNO2/c1-12(2)19-10-14-6-4-8-16(18)17(14)21-11-13-5-3-7-15(20)9-13/h3-9,12,19-20H,10-11H2,1-2H3. The molecule has 0 aliphatic heterocycles. The third-order valence-electron chi connectivity index (χ3n) is 3.04. The number of rotatable bonds is 6. The lowest BCUT2D eigenvalue weighted by Gasteiger charge is -2.14. The van der Waals surface area contributed by atoms with Crippen molar-refractivity contribution in [2.24, 2.45) is 0 Å². The van der Waals surface area contributed by atoms with Gasteiger partial charge >= 0.3 is 0 Å². The smallest absolute Gasteiger partial charge is 0.165 e. The fourth-order valence-electron chi connectivity index (χ4n) is 1.97. The Bertz CT molecular complexity index is 599. The second-order valence-electron chi connectivity index (χ2n) is 5.22. The SMILES string of the molecule is CC(C)NCc1cccc(F)c1OCc1cccc(O)c1. The number of ether oxygens (including phenoxy) is 1. The van der Waals surface area contributed by atoms with E-state index in [9.17, 15) is 9.50 Å². The molecule has 0 spiro atoms. The highest BCUT2D eigenvalue weighted by molar-refractivity contribution is 5.35. The molecule has 21 heavy (non-hydrogen) atoms. The van der Waals surface area contributed by atoms with Gasteiger partial charge in [-0.3, -0.25) is 0 Å². The van der Waals surface area contributed by atoms with Crippen molar-refractivity contribution < 1.29 is 14.2 Å². The Kier molecular flexibility index (Phi) is 5.17. The predicted octanol–water partition coefficient (Wildman–Crippen LogP) is 3.61. The summed E-state index contributed by atoms with van der Waals surface area (Å²) in [6.45, 7) is 4.83. The number of benzene rings is 2. The number of phenolic OH excluding ortho intramolecular Hbond substituents is 1. The molecule has 0 saturated carbocycles. The van der Waals surface area contributed by atoms with Gasteiger partial charge in [0, 0.05) is 18.2 Å². The molecule has 0 heterocycles. The van der Waals surface area contributed by atoms with Gasteiger partial charge in [-0.1, -0.05) is 38.1 Å². The third-order valence-corrected chi connectivity index (χ3v) is 3.04. The van der Waals surface area contributed by atoms with Crippen LogP contribution in [0.15, 0.2) is 42.5 Å². The van der Waals surface area contributed by atoms with E-state index in [1.54, 1.807) is 24.3 Å². The molecule has 0 unspecified atom stereocenters. The zero-order valence-electron chi connectivity index (χ0n) is 12.3. The molecule has 0 bridgehead atoms. The molecular weight excluding hydrogens is 269 g/mol. The molecule has 0 aliphatic rings. The van der Waals surface area contributed by atoms with Gasteiger partial charge in [-0.25, -0.2) is 4.39 Å². The van der Waals surface area contributed by atoms with Crippen molar-refractivity contribution in [1.82, 2.24) is 5.32 Å². The van der Waals surface area contributed by atoms with Crippen molar-refractivity contribution in [3.8, 4) is 11.5 Å². The Morgan fingerprint density at radius 1 is 1.19 bits per heavy atom. The molecule has 0 atom stereocenters. The van der Waals surface area contributed by atoms with E-state index in [0.29, 0.717) is 12.6 Å². The minimum atomic E-state index is -0.377. The summed E-state index contributed by atoms with van der Waals surface area (Å²) in [7, 11) is 0. The molecule has 2 aromatic carbocycles. The van der Waals surface area contributed by atoms with Crippen LogP contribution in [0.1, 0.15) is 25.0 Å². The minimum Gasteiger partial charge on any atom is -0.508 e. The van der Waals surface area contributed by atoms with Gasteiger partial charge in [0.2, 0.25) is 0 Å². The molecule has 112 valence electrons. The lowest BCUT2D eigenvalue weighted by molar-refractivity contribution is 0.285. The van der Waals surface area contributed by atoms with E-state index >= 15 is 0 Å². The topological polar surface area (TPSA) is 41.5 Å². The van der Waals surface area contributed by atoms with Crippen molar-refractivity contribution in [2.45, 2.75) is 33.0 Å². The normalized spacial score (nSPS) is 10.9. The van der Waals surface area contributed by atoms with Crippen LogP contribution in [0.3, 0.4) is 0 Å². The molecule has 2 rings (SSSR count). The van der Waals surface area contributed by atoms with Crippen LogP contribution >= 0.6 is 0 Å². The summed E-state index contributed by atoms with van der Waals surface area (Å²) in [5, 5.41) is 12.7. The molecule has 4 heteroatoms. The zero-order chi connectivity index (χ0) is 15.2. The fraction of sp³-hybridized carbons (Fsp3) is 0.294. The van der Waals surface area contributed by atoms with Crippen molar-refractivity contribution in [3.63, 3.8) is 0 Å². The maximum atomic E-state index is 14.0. The van der Waals surface area contributed by atoms with Gasteiger partial charge in [0.1, 0.15) is 12.4 Å². The van der Waals surface area contributed by atoms with E-state index in [1.165, 1.54) is 6.07 Å². The van der Waals surface area contributed by atoms with Crippen LogP contribution in [0.5, 0.6) is 11.5 Å². The van der Waals surface area contributed by atoms with E-state index in [1.807, 2.05) is 26.0 Å². The molecular formula is C17H20FNO2. The van der Waals surface area contributed by atoms with E-state index < -0.39 is 0 Å². The first kappa shape index (κ1) is 15.3. The first-order valence-corrected chi connectivity index (χ1v) is 6.97. The lowest BCUT2D eigenvalue weighted by Crippen LogP contribution is -2.22. The van der Waals surface area contributed by atoms with Crippen molar-refractivity contribution in [1.29, 1.82) is 0 Å². The Morgan fingerprint density at radius 3 is 2.67 bits per heavy atom. The molecule has 0 saturated heterocycles. The molecule has 0 aliphatic carbocycles. The highest BCUT2D eigenvalue weighted by atomic mass is 19.1. The summed E-state index contributed by atoms with van der Waals surface area (Å²) in [6.07, 6.45) is 0. The Morgan fingerprint density at radius 2 is 1.95 bits per heavy atom. The number of para-hydroxylation sites is 1. The summed E-state index contributed by atoms with van der Waals surface area (Å²) in [6, 6.07) is 12.0. The average Bonchev–Trinajstić information content (AvgIpc) is 2.44. The van der Waals surface area contributed by atoms with Gasteiger partial charge in [-0.15, -0.1) is 0 Å².